The Kier molecular flexibility index (Phi) is 7.08. The van der Waals surface area contributed by atoms with Gasteiger partial charge < -0.3 is 11.1 Å². The maximum absolute atomic E-state index is 11.6. The second-order valence-electron chi connectivity index (χ2n) is 3.17. The zero-order chi connectivity index (χ0) is 12.8. The molecule has 0 saturated carbocycles. The van der Waals surface area contributed by atoms with Crippen molar-refractivity contribution in [1.29, 1.82) is 5.26 Å². The Hall–Kier alpha value is -1.52. The number of benzene rings is 1. The summed E-state index contributed by atoms with van der Waals surface area (Å²) in [5.41, 5.74) is 6.53. The van der Waals surface area contributed by atoms with Gasteiger partial charge in [-0.25, -0.2) is 0 Å². The summed E-state index contributed by atoms with van der Waals surface area (Å²) in [4.78, 5) is 22.3. The molecule has 5 nitrogen and oxygen atoms in total. The maximum atomic E-state index is 11.6. The minimum atomic E-state index is -0.518. The molecule has 0 aliphatic rings. The van der Waals surface area contributed by atoms with Crippen LogP contribution >= 0.6 is 28.7 Å². The Balaban J connectivity index is 0.00000289. The molecule has 0 heterocycles. The summed E-state index contributed by atoms with van der Waals surface area (Å²) >= 11 is 0.895. The summed E-state index contributed by atoms with van der Waals surface area (Å²) in [6, 6.07) is 6.69. The van der Waals surface area contributed by atoms with Crippen LogP contribution in [0.2, 0.25) is 0 Å². The summed E-state index contributed by atoms with van der Waals surface area (Å²) in [6.07, 6.45) is 0. The fourth-order valence-corrected chi connectivity index (χ4v) is 1.82. The number of nitrogens with zero attached hydrogens (tertiary/aromatic N) is 1. The van der Waals surface area contributed by atoms with Crippen molar-refractivity contribution in [1.82, 2.24) is 5.32 Å². The molecule has 96 valence electrons. The molecule has 0 saturated heterocycles. The molecule has 0 unspecified atom stereocenters. The van der Waals surface area contributed by atoms with Crippen LogP contribution in [0.25, 0.3) is 0 Å². The van der Waals surface area contributed by atoms with Gasteiger partial charge in [-0.2, -0.15) is 5.26 Å². The van der Waals surface area contributed by atoms with E-state index in [2.05, 4.69) is 5.32 Å². The Morgan fingerprint density at radius 3 is 2.67 bits per heavy atom. The predicted octanol–water partition coefficient (Wildman–Crippen LogP) is 1.81. The average Bonchev–Trinajstić information content (AvgIpc) is 2.34. The third-order valence-corrected chi connectivity index (χ3v) is 2.82. The van der Waals surface area contributed by atoms with E-state index < -0.39 is 5.24 Å². The van der Waals surface area contributed by atoms with Crippen molar-refractivity contribution in [2.24, 2.45) is 5.73 Å². The van der Waals surface area contributed by atoms with Crippen molar-refractivity contribution in [2.45, 2.75) is 5.75 Å². The number of carbonyl (C=O) groups is 2. The molecule has 3 N–H and O–H groups in total. The minimum absolute atomic E-state index is 0. The SMILES string of the molecule is Br.CNC(=O)c1ccc(C#N)cc1CSC(N)=O. The molecule has 1 aromatic carbocycles. The van der Waals surface area contributed by atoms with E-state index in [-0.39, 0.29) is 28.6 Å². The smallest absolute Gasteiger partial charge is 0.276 e. The van der Waals surface area contributed by atoms with E-state index >= 15 is 0 Å². The molecular formula is C11H12BrN3O2S. The predicted molar refractivity (Wildman–Crippen MR) is 75.7 cm³/mol. The van der Waals surface area contributed by atoms with E-state index in [4.69, 9.17) is 11.0 Å². The quantitative estimate of drug-likeness (QED) is 0.883. The number of rotatable bonds is 3. The van der Waals surface area contributed by atoms with Crippen LogP contribution in [0.5, 0.6) is 0 Å². The zero-order valence-electron chi connectivity index (χ0n) is 9.60. The number of carbonyl (C=O) groups excluding carboxylic acids is 2. The standard InChI is InChI=1S/C11H11N3O2S.BrH/c1-14-10(15)9-3-2-7(5-12)4-8(9)6-17-11(13)16;/h2-4H,6H2,1H3,(H2,13,16)(H,14,15);1H. The van der Waals surface area contributed by atoms with Gasteiger partial charge in [-0.1, -0.05) is 11.8 Å². The number of nitrogens with one attached hydrogen (secondary N) is 1. The highest BCUT2D eigenvalue weighted by Gasteiger charge is 2.11. The fourth-order valence-electron chi connectivity index (χ4n) is 1.29. The van der Waals surface area contributed by atoms with Gasteiger partial charge in [0.1, 0.15) is 0 Å². The van der Waals surface area contributed by atoms with Gasteiger partial charge in [0, 0.05) is 18.4 Å². The first-order valence-electron chi connectivity index (χ1n) is 4.75. The molecule has 2 amide bonds. The summed E-state index contributed by atoms with van der Waals surface area (Å²) in [6.45, 7) is 0. The van der Waals surface area contributed by atoms with E-state index in [9.17, 15) is 9.59 Å². The number of amides is 2. The van der Waals surface area contributed by atoms with E-state index in [1.165, 1.54) is 7.05 Å². The zero-order valence-corrected chi connectivity index (χ0v) is 12.1. The van der Waals surface area contributed by atoms with Gasteiger partial charge in [0.15, 0.2) is 0 Å². The van der Waals surface area contributed by atoms with Gasteiger partial charge in [-0.05, 0) is 23.8 Å². The van der Waals surface area contributed by atoms with Gasteiger partial charge in [-0.3, -0.25) is 9.59 Å². The first kappa shape index (κ1) is 16.5. The molecule has 7 heteroatoms. The van der Waals surface area contributed by atoms with Gasteiger partial charge in [0.05, 0.1) is 11.6 Å². The van der Waals surface area contributed by atoms with Crippen LogP contribution < -0.4 is 11.1 Å². The molecule has 0 atom stereocenters. The van der Waals surface area contributed by atoms with Gasteiger partial charge in [-0.15, -0.1) is 17.0 Å². The summed E-state index contributed by atoms with van der Waals surface area (Å²) in [5, 5.41) is 10.8. The highest BCUT2D eigenvalue weighted by molar-refractivity contribution is 8.93. The number of nitrogens with two attached hydrogens (primary N) is 1. The number of nitriles is 1. The normalized spacial score (nSPS) is 8.89. The number of hydrogen-bond acceptors (Lipinski definition) is 4. The summed E-state index contributed by atoms with van der Waals surface area (Å²) in [5.74, 6) is 0.0164. The number of halogens is 1. The molecule has 0 fully saturated rings. The Morgan fingerprint density at radius 2 is 2.17 bits per heavy atom. The summed E-state index contributed by atoms with van der Waals surface area (Å²) in [7, 11) is 1.52. The average molecular weight is 330 g/mol. The molecule has 1 aromatic rings. The highest BCUT2D eigenvalue weighted by atomic mass is 79.9. The topological polar surface area (TPSA) is 96.0 Å². The molecule has 1 rings (SSSR count). The van der Waals surface area contributed by atoms with Crippen molar-refractivity contribution in [3.63, 3.8) is 0 Å². The van der Waals surface area contributed by atoms with Crippen molar-refractivity contribution in [2.75, 3.05) is 7.05 Å². The minimum Gasteiger partial charge on any atom is -0.361 e. The molecule has 0 aliphatic carbocycles. The second-order valence-corrected chi connectivity index (χ2v) is 4.15. The van der Waals surface area contributed by atoms with Crippen molar-refractivity contribution < 1.29 is 9.59 Å². The largest absolute Gasteiger partial charge is 0.361 e. The van der Waals surface area contributed by atoms with Crippen LogP contribution in [0, 0.1) is 11.3 Å². The third kappa shape index (κ3) is 4.39. The summed E-state index contributed by atoms with van der Waals surface area (Å²) < 4.78 is 0. The molecule has 0 radical (unpaired) electrons. The Labute approximate surface area is 119 Å². The molecule has 18 heavy (non-hydrogen) atoms. The second kappa shape index (κ2) is 7.74. The highest BCUT2D eigenvalue weighted by Crippen LogP contribution is 2.18. The lowest BCUT2D eigenvalue weighted by Gasteiger charge is -2.07. The number of hydrogen-bond donors (Lipinski definition) is 2. The lowest BCUT2D eigenvalue weighted by atomic mass is 10.1. The number of thioether (sulfide) groups is 1. The molecule has 0 aromatic heterocycles. The fraction of sp³-hybridized carbons (Fsp3) is 0.182. The monoisotopic (exact) mass is 329 g/mol. The third-order valence-electron chi connectivity index (χ3n) is 2.08. The van der Waals surface area contributed by atoms with Gasteiger partial charge >= 0.3 is 0 Å². The number of primary amides is 1. The van der Waals surface area contributed by atoms with Crippen molar-refractivity contribution in [3.8, 4) is 6.07 Å². The molecule has 0 bridgehead atoms. The van der Waals surface area contributed by atoms with Crippen LogP contribution in [0.1, 0.15) is 21.5 Å². The van der Waals surface area contributed by atoms with E-state index in [1.54, 1.807) is 18.2 Å². The first-order valence-corrected chi connectivity index (χ1v) is 5.74. The lowest BCUT2D eigenvalue weighted by molar-refractivity contribution is 0.0962. The van der Waals surface area contributed by atoms with E-state index in [0.717, 1.165) is 11.8 Å². The van der Waals surface area contributed by atoms with Crippen molar-refractivity contribution in [3.05, 3.63) is 34.9 Å². The lowest BCUT2D eigenvalue weighted by Crippen LogP contribution is -2.19. The maximum Gasteiger partial charge on any atom is 0.276 e. The molecular weight excluding hydrogens is 318 g/mol. The first-order chi connectivity index (χ1) is 8.08. The molecule has 0 aliphatic heterocycles. The van der Waals surface area contributed by atoms with E-state index in [0.29, 0.717) is 16.7 Å². The van der Waals surface area contributed by atoms with Gasteiger partial charge in [0.2, 0.25) is 0 Å². The van der Waals surface area contributed by atoms with Crippen LogP contribution in [0.3, 0.4) is 0 Å². The van der Waals surface area contributed by atoms with Crippen LogP contribution in [0.4, 0.5) is 4.79 Å². The molecule has 0 spiro atoms. The Morgan fingerprint density at radius 1 is 1.50 bits per heavy atom. The Bertz CT molecular complexity index is 500. The van der Waals surface area contributed by atoms with Crippen LogP contribution in [0.15, 0.2) is 18.2 Å². The van der Waals surface area contributed by atoms with Gasteiger partial charge in [0.25, 0.3) is 11.1 Å². The van der Waals surface area contributed by atoms with E-state index in [1.807, 2.05) is 6.07 Å². The van der Waals surface area contributed by atoms with Crippen molar-refractivity contribution >= 4 is 39.9 Å². The van der Waals surface area contributed by atoms with Crippen LogP contribution in [-0.2, 0) is 5.75 Å². The van der Waals surface area contributed by atoms with Crippen LogP contribution in [-0.4, -0.2) is 18.2 Å².